The van der Waals surface area contributed by atoms with Gasteiger partial charge in [-0.05, 0) is 38.5 Å². The van der Waals surface area contributed by atoms with Crippen LogP contribution < -0.4 is 11.1 Å². The summed E-state index contributed by atoms with van der Waals surface area (Å²) in [5.74, 6) is 1.22. The molecule has 3 N–H and O–H groups in total. The average molecular weight is 226 g/mol. The number of hydrogen-bond donors (Lipinski definition) is 2. The third-order valence-electron chi connectivity index (χ3n) is 3.58. The van der Waals surface area contributed by atoms with Gasteiger partial charge in [0.1, 0.15) is 0 Å². The zero-order valence-electron chi connectivity index (χ0n) is 11.0. The van der Waals surface area contributed by atoms with Crippen molar-refractivity contribution in [2.45, 2.75) is 65.0 Å². The van der Waals surface area contributed by atoms with Crippen molar-refractivity contribution in [3.8, 4) is 0 Å². The van der Waals surface area contributed by atoms with Gasteiger partial charge in [-0.15, -0.1) is 0 Å². The molecule has 94 valence electrons. The van der Waals surface area contributed by atoms with Crippen molar-refractivity contribution in [2.24, 2.45) is 17.6 Å². The van der Waals surface area contributed by atoms with Crippen LogP contribution in [-0.2, 0) is 4.79 Å². The van der Waals surface area contributed by atoms with Crippen LogP contribution in [0.5, 0.6) is 0 Å². The first-order valence-corrected chi connectivity index (χ1v) is 6.42. The number of nitrogens with two attached hydrogens (primary N) is 1. The van der Waals surface area contributed by atoms with Crippen molar-refractivity contribution in [3.63, 3.8) is 0 Å². The summed E-state index contributed by atoms with van der Waals surface area (Å²) in [6.45, 7) is 8.00. The first kappa shape index (κ1) is 13.5. The Morgan fingerprint density at radius 1 is 1.31 bits per heavy atom. The van der Waals surface area contributed by atoms with Gasteiger partial charge in [0.25, 0.3) is 0 Å². The molecule has 2 unspecified atom stereocenters. The maximum absolute atomic E-state index is 11.9. The van der Waals surface area contributed by atoms with E-state index in [9.17, 15) is 4.79 Å². The molecule has 1 rings (SSSR count). The molecule has 0 saturated heterocycles. The molecule has 0 radical (unpaired) electrons. The summed E-state index contributed by atoms with van der Waals surface area (Å²) >= 11 is 0. The second-order valence-corrected chi connectivity index (χ2v) is 5.99. The Kier molecular flexibility index (Phi) is 4.36. The molecule has 16 heavy (non-hydrogen) atoms. The summed E-state index contributed by atoms with van der Waals surface area (Å²) in [7, 11) is 0. The van der Waals surface area contributed by atoms with E-state index in [1.165, 1.54) is 19.3 Å². The van der Waals surface area contributed by atoms with E-state index in [2.05, 4.69) is 19.2 Å². The minimum absolute atomic E-state index is 0.0231. The molecule has 0 aromatic rings. The van der Waals surface area contributed by atoms with E-state index in [0.29, 0.717) is 17.9 Å². The van der Waals surface area contributed by atoms with Gasteiger partial charge in [0.2, 0.25) is 5.91 Å². The second kappa shape index (κ2) is 5.17. The lowest BCUT2D eigenvalue weighted by molar-refractivity contribution is -0.126. The minimum Gasteiger partial charge on any atom is -0.352 e. The molecule has 1 aliphatic rings. The van der Waals surface area contributed by atoms with E-state index in [4.69, 9.17) is 5.73 Å². The van der Waals surface area contributed by atoms with Crippen LogP contribution in [0, 0.1) is 11.8 Å². The summed E-state index contributed by atoms with van der Waals surface area (Å²) < 4.78 is 0. The van der Waals surface area contributed by atoms with Crippen LogP contribution in [0.4, 0.5) is 0 Å². The molecule has 0 spiro atoms. The van der Waals surface area contributed by atoms with Crippen LogP contribution in [0.2, 0.25) is 0 Å². The van der Waals surface area contributed by atoms with Crippen LogP contribution in [0.25, 0.3) is 0 Å². The van der Waals surface area contributed by atoms with Gasteiger partial charge in [0.15, 0.2) is 0 Å². The Morgan fingerprint density at radius 3 is 2.38 bits per heavy atom. The maximum Gasteiger partial charge on any atom is 0.239 e. The molecule has 1 amide bonds. The van der Waals surface area contributed by atoms with Gasteiger partial charge >= 0.3 is 0 Å². The average Bonchev–Trinajstić information content (AvgIpc) is 2.16. The van der Waals surface area contributed by atoms with Crippen molar-refractivity contribution in [1.29, 1.82) is 0 Å². The predicted molar refractivity (Wildman–Crippen MR) is 67.0 cm³/mol. The van der Waals surface area contributed by atoms with Crippen molar-refractivity contribution >= 4 is 5.91 Å². The molecule has 0 heterocycles. The summed E-state index contributed by atoms with van der Waals surface area (Å²) in [5.41, 5.74) is 5.04. The maximum atomic E-state index is 11.9. The molecular weight excluding hydrogens is 200 g/mol. The lowest BCUT2D eigenvalue weighted by Gasteiger charge is -2.36. The van der Waals surface area contributed by atoms with Crippen molar-refractivity contribution < 1.29 is 4.79 Å². The lowest BCUT2D eigenvalue weighted by atomic mass is 9.77. The third kappa shape index (κ3) is 3.48. The van der Waals surface area contributed by atoms with Crippen LogP contribution in [0.3, 0.4) is 0 Å². The summed E-state index contributed by atoms with van der Waals surface area (Å²) in [6.07, 6.45) is 4.85. The molecule has 3 heteroatoms. The Bertz CT molecular complexity index is 243. The molecule has 1 saturated carbocycles. The lowest BCUT2D eigenvalue weighted by Crippen LogP contribution is -2.54. The molecule has 2 atom stereocenters. The molecule has 0 bridgehead atoms. The Labute approximate surface area is 99.2 Å². The predicted octanol–water partition coefficient (Wildman–Crippen LogP) is 2.05. The SMILES string of the molecule is CC(C)C1CCCCC1NC(=O)C(C)(C)N. The Morgan fingerprint density at radius 2 is 1.88 bits per heavy atom. The monoisotopic (exact) mass is 226 g/mol. The topological polar surface area (TPSA) is 55.1 Å². The molecule has 1 fully saturated rings. The Hall–Kier alpha value is -0.570. The highest BCUT2D eigenvalue weighted by molar-refractivity contribution is 5.85. The minimum atomic E-state index is -0.765. The van der Waals surface area contributed by atoms with E-state index in [0.717, 1.165) is 6.42 Å². The van der Waals surface area contributed by atoms with Crippen molar-refractivity contribution in [1.82, 2.24) is 5.32 Å². The van der Waals surface area contributed by atoms with Gasteiger partial charge in [-0.2, -0.15) is 0 Å². The van der Waals surface area contributed by atoms with Crippen LogP contribution in [0.15, 0.2) is 0 Å². The fourth-order valence-electron chi connectivity index (χ4n) is 2.49. The number of carbonyl (C=O) groups excluding carboxylic acids is 1. The van der Waals surface area contributed by atoms with Gasteiger partial charge in [0.05, 0.1) is 5.54 Å². The van der Waals surface area contributed by atoms with Gasteiger partial charge in [0, 0.05) is 6.04 Å². The molecular formula is C13H26N2O. The highest BCUT2D eigenvalue weighted by atomic mass is 16.2. The van der Waals surface area contributed by atoms with Crippen molar-refractivity contribution in [2.75, 3.05) is 0 Å². The Balaban J connectivity index is 2.60. The fourth-order valence-corrected chi connectivity index (χ4v) is 2.49. The first-order valence-electron chi connectivity index (χ1n) is 6.42. The standard InChI is InChI=1S/C13H26N2O/c1-9(2)10-7-5-6-8-11(10)15-12(16)13(3,4)14/h9-11H,5-8,14H2,1-4H3,(H,15,16). The summed E-state index contributed by atoms with van der Waals surface area (Å²) in [4.78, 5) is 11.9. The normalized spacial score (nSPS) is 26.9. The highest BCUT2D eigenvalue weighted by Gasteiger charge is 2.31. The smallest absolute Gasteiger partial charge is 0.239 e. The molecule has 0 aromatic heterocycles. The van der Waals surface area contributed by atoms with Crippen molar-refractivity contribution in [3.05, 3.63) is 0 Å². The zero-order valence-corrected chi connectivity index (χ0v) is 11.0. The van der Waals surface area contributed by atoms with Gasteiger partial charge in [-0.25, -0.2) is 0 Å². The molecule has 0 aromatic carbocycles. The number of rotatable bonds is 3. The summed E-state index contributed by atoms with van der Waals surface area (Å²) in [5, 5.41) is 3.13. The van der Waals surface area contributed by atoms with Crippen LogP contribution in [-0.4, -0.2) is 17.5 Å². The number of hydrogen-bond acceptors (Lipinski definition) is 2. The molecule has 0 aliphatic heterocycles. The molecule has 1 aliphatic carbocycles. The zero-order chi connectivity index (χ0) is 12.3. The third-order valence-corrected chi connectivity index (χ3v) is 3.58. The summed E-state index contributed by atoms with van der Waals surface area (Å²) in [6, 6.07) is 0.323. The largest absolute Gasteiger partial charge is 0.352 e. The number of carbonyl (C=O) groups is 1. The van der Waals surface area contributed by atoms with Gasteiger partial charge in [-0.3, -0.25) is 4.79 Å². The van der Waals surface area contributed by atoms with Gasteiger partial charge < -0.3 is 11.1 Å². The fraction of sp³-hybridized carbons (Fsp3) is 0.923. The van der Waals surface area contributed by atoms with Crippen LogP contribution >= 0.6 is 0 Å². The van der Waals surface area contributed by atoms with E-state index in [1.54, 1.807) is 13.8 Å². The van der Waals surface area contributed by atoms with E-state index >= 15 is 0 Å². The van der Waals surface area contributed by atoms with Crippen LogP contribution in [0.1, 0.15) is 53.4 Å². The second-order valence-electron chi connectivity index (χ2n) is 5.99. The first-order chi connectivity index (χ1) is 7.32. The number of amides is 1. The van der Waals surface area contributed by atoms with E-state index in [1.807, 2.05) is 0 Å². The van der Waals surface area contributed by atoms with E-state index < -0.39 is 5.54 Å². The molecule has 3 nitrogen and oxygen atoms in total. The van der Waals surface area contributed by atoms with E-state index in [-0.39, 0.29) is 5.91 Å². The highest BCUT2D eigenvalue weighted by Crippen LogP contribution is 2.30. The number of nitrogens with one attached hydrogen (secondary N) is 1. The van der Waals surface area contributed by atoms with Gasteiger partial charge in [-0.1, -0.05) is 26.7 Å². The quantitative estimate of drug-likeness (QED) is 0.774.